The van der Waals surface area contributed by atoms with Crippen LogP contribution in [-0.2, 0) is 20.8 Å². The van der Waals surface area contributed by atoms with Crippen LogP contribution < -0.4 is 0 Å². The van der Waals surface area contributed by atoms with Crippen molar-refractivity contribution in [2.24, 2.45) is 5.92 Å². The minimum Gasteiger partial charge on any atom is -0.469 e. The topological polar surface area (TPSA) is 65.6 Å². The van der Waals surface area contributed by atoms with Gasteiger partial charge in [0.2, 0.25) is 0 Å². The van der Waals surface area contributed by atoms with Crippen molar-refractivity contribution in [2.75, 3.05) is 60.0 Å². The summed E-state index contributed by atoms with van der Waals surface area (Å²) in [5.74, 6) is 0.704. The number of cyclic esters (lactones) is 1. The van der Waals surface area contributed by atoms with Gasteiger partial charge in [0.15, 0.2) is 6.23 Å². The Hall–Kier alpha value is -2.16. The molecule has 1 aromatic carbocycles. The molecule has 0 N–H and O–H groups in total. The first kappa shape index (κ1) is 27.9. The van der Waals surface area contributed by atoms with Crippen LogP contribution in [0.1, 0.15) is 56.9 Å². The lowest BCUT2D eigenvalue weighted by molar-refractivity contribution is -0.140. The fourth-order valence-corrected chi connectivity index (χ4v) is 6.13. The van der Waals surface area contributed by atoms with Crippen LogP contribution in [0.3, 0.4) is 0 Å². The second kappa shape index (κ2) is 14.1. The number of esters is 1. The highest BCUT2D eigenvalue weighted by atomic mass is 16.6. The number of likely N-dealkylation sites (tertiary alicyclic amines) is 1. The summed E-state index contributed by atoms with van der Waals surface area (Å²) in [6, 6.07) is 11.2. The molecule has 0 aromatic heterocycles. The van der Waals surface area contributed by atoms with Gasteiger partial charge >= 0.3 is 12.1 Å². The lowest BCUT2D eigenvalue weighted by atomic mass is 9.90. The van der Waals surface area contributed by atoms with Gasteiger partial charge in [0.1, 0.15) is 0 Å². The van der Waals surface area contributed by atoms with E-state index >= 15 is 0 Å². The molecule has 4 rings (SSSR count). The summed E-state index contributed by atoms with van der Waals surface area (Å²) >= 11 is 0. The zero-order valence-electron chi connectivity index (χ0n) is 22.9. The summed E-state index contributed by atoms with van der Waals surface area (Å²) in [6.45, 7) is 7.84. The number of carbonyl (C=O) groups excluding carboxylic acids is 2. The minimum atomic E-state index is -0.220. The fourth-order valence-electron chi connectivity index (χ4n) is 6.13. The first-order valence-electron chi connectivity index (χ1n) is 14.2. The van der Waals surface area contributed by atoms with E-state index in [4.69, 9.17) is 9.47 Å². The van der Waals surface area contributed by atoms with Crippen molar-refractivity contribution in [3.8, 4) is 0 Å². The third-order valence-corrected chi connectivity index (χ3v) is 8.40. The fraction of sp³-hybridized carbons (Fsp3) is 0.724. The highest BCUT2D eigenvalue weighted by molar-refractivity contribution is 5.69. The molecule has 1 aromatic rings. The zero-order valence-corrected chi connectivity index (χ0v) is 22.9. The molecule has 3 aliphatic rings. The number of methoxy groups -OCH3 is 1. The Labute approximate surface area is 222 Å². The summed E-state index contributed by atoms with van der Waals surface area (Å²) in [7, 11) is 3.26. The molecular weight excluding hydrogens is 468 g/mol. The Balaban J connectivity index is 1.19. The van der Waals surface area contributed by atoms with Crippen LogP contribution in [0.25, 0.3) is 0 Å². The number of rotatable bonds is 12. The lowest BCUT2D eigenvalue weighted by Crippen LogP contribution is -2.57. The van der Waals surface area contributed by atoms with Crippen molar-refractivity contribution in [1.82, 2.24) is 19.6 Å². The third-order valence-electron chi connectivity index (χ3n) is 8.40. The molecule has 3 saturated heterocycles. The number of benzene rings is 1. The molecule has 3 aliphatic heterocycles. The van der Waals surface area contributed by atoms with E-state index in [1.165, 1.54) is 57.9 Å². The van der Waals surface area contributed by atoms with Crippen LogP contribution in [-0.4, -0.2) is 104 Å². The van der Waals surface area contributed by atoms with E-state index < -0.39 is 0 Å². The van der Waals surface area contributed by atoms with E-state index in [0.717, 1.165) is 51.5 Å². The summed E-state index contributed by atoms with van der Waals surface area (Å²) in [6.07, 6.45) is 8.45. The van der Waals surface area contributed by atoms with E-state index in [0.29, 0.717) is 19.0 Å². The number of amides is 1. The van der Waals surface area contributed by atoms with Crippen molar-refractivity contribution < 1.29 is 19.1 Å². The molecule has 37 heavy (non-hydrogen) atoms. The Morgan fingerprint density at radius 3 is 2.43 bits per heavy atom. The molecule has 1 amide bonds. The Morgan fingerprint density at radius 2 is 1.73 bits per heavy atom. The molecule has 0 bridgehead atoms. The van der Waals surface area contributed by atoms with E-state index in [1.807, 2.05) is 7.05 Å². The van der Waals surface area contributed by atoms with Crippen LogP contribution in [0.2, 0.25) is 0 Å². The third kappa shape index (κ3) is 8.42. The highest BCUT2D eigenvalue weighted by Gasteiger charge is 2.38. The molecule has 2 atom stereocenters. The van der Waals surface area contributed by atoms with Gasteiger partial charge < -0.3 is 19.3 Å². The van der Waals surface area contributed by atoms with Crippen LogP contribution in [0.15, 0.2) is 30.3 Å². The largest absolute Gasteiger partial charge is 0.469 e. The first-order valence-corrected chi connectivity index (χ1v) is 14.2. The standard InChI is InChI=1S/C29H46N4O4/c1-30-23-27(37-29(30)35)33-20-19-31(16-8-13-28(34)36-2)22-26(33)12-7-6-9-24-14-17-32(18-15-24)21-25-10-4-3-5-11-25/h3-5,10-11,24,26-27H,6-9,12-23H2,1-2H3. The minimum absolute atomic E-state index is 0.137. The summed E-state index contributed by atoms with van der Waals surface area (Å²) < 4.78 is 10.5. The molecule has 2 unspecified atom stereocenters. The molecule has 0 aliphatic carbocycles. The van der Waals surface area contributed by atoms with E-state index in [-0.39, 0.29) is 18.3 Å². The Morgan fingerprint density at radius 1 is 0.973 bits per heavy atom. The number of unbranched alkanes of at least 4 members (excludes halogenated alkanes) is 1. The molecule has 3 heterocycles. The van der Waals surface area contributed by atoms with Crippen LogP contribution in [0, 0.1) is 5.92 Å². The van der Waals surface area contributed by atoms with Crippen molar-refractivity contribution in [1.29, 1.82) is 0 Å². The molecule has 206 valence electrons. The Kier molecular flexibility index (Phi) is 10.6. The molecule has 0 spiro atoms. The normalized spacial score (nSPS) is 24.4. The number of hydrogen-bond acceptors (Lipinski definition) is 7. The van der Waals surface area contributed by atoms with Gasteiger partial charge in [-0.3, -0.25) is 14.6 Å². The SMILES string of the molecule is COC(=O)CCCN1CCN(C2CN(C)C(=O)O2)C(CCCCC2CCN(Cc3ccccc3)CC2)C1. The van der Waals surface area contributed by atoms with Gasteiger partial charge in [0.25, 0.3) is 0 Å². The van der Waals surface area contributed by atoms with Crippen LogP contribution in [0.4, 0.5) is 4.79 Å². The number of hydrogen-bond donors (Lipinski definition) is 0. The second-order valence-electron chi connectivity index (χ2n) is 11.1. The van der Waals surface area contributed by atoms with Gasteiger partial charge in [0, 0.05) is 45.7 Å². The Bertz CT molecular complexity index is 846. The molecule has 8 nitrogen and oxygen atoms in total. The smallest absolute Gasteiger partial charge is 0.411 e. The average molecular weight is 515 g/mol. The maximum Gasteiger partial charge on any atom is 0.411 e. The van der Waals surface area contributed by atoms with E-state index in [2.05, 4.69) is 45.0 Å². The predicted octanol–water partition coefficient (Wildman–Crippen LogP) is 3.81. The van der Waals surface area contributed by atoms with Crippen molar-refractivity contribution in [3.63, 3.8) is 0 Å². The predicted molar refractivity (Wildman–Crippen MR) is 144 cm³/mol. The van der Waals surface area contributed by atoms with Crippen molar-refractivity contribution in [3.05, 3.63) is 35.9 Å². The van der Waals surface area contributed by atoms with Gasteiger partial charge in [-0.2, -0.15) is 0 Å². The molecule has 0 saturated carbocycles. The first-order chi connectivity index (χ1) is 18.0. The van der Waals surface area contributed by atoms with Crippen molar-refractivity contribution >= 4 is 12.1 Å². The number of carbonyl (C=O) groups is 2. The quantitative estimate of drug-likeness (QED) is 0.310. The maximum absolute atomic E-state index is 12.0. The van der Waals surface area contributed by atoms with Gasteiger partial charge in [0.05, 0.1) is 13.7 Å². The summed E-state index contributed by atoms with van der Waals surface area (Å²) in [5, 5.41) is 0. The van der Waals surface area contributed by atoms with Gasteiger partial charge in [-0.15, -0.1) is 0 Å². The van der Waals surface area contributed by atoms with Gasteiger partial charge in [-0.1, -0.05) is 49.6 Å². The van der Waals surface area contributed by atoms with Crippen LogP contribution in [0.5, 0.6) is 0 Å². The summed E-state index contributed by atoms with van der Waals surface area (Å²) in [4.78, 5) is 32.7. The van der Waals surface area contributed by atoms with Gasteiger partial charge in [-0.25, -0.2) is 4.79 Å². The lowest BCUT2D eigenvalue weighted by Gasteiger charge is -2.43. The average Bonchev–Trinajstić information content (AvgIpc) is 3.25. The monoisotopic (exact) mass is 514 g/mol. The number of ether oxygens (including phenoxy) is 2. The molecule has 8 heteroatoms. The molecular formula is C29H46N4O4. The number of piperazine rings is 1. The number of likely N-dealkylation sites (N-methyl/N-ethyl adjacent to an activating group) is 1. The van der Waals surface area contributed by atoms with Crippen molar-refractivity contribution in [2.45, 2.75) is 70.2 Å². The second-order valence-corrected chi connectivity index (χ2v) is 11.1. The number of nitrogens with zero attached hydrogens (tertiary/aromatic N) is 4. The maximum atomic E-state index is 12.0. The zero-order chi connectivity index (χ0) is 26.0. The molecule has 0 radical (unpaired) electrons. The summed E-state index contributed by atoms with van der Waals surface area (Å²) in [5.41, 5.74) is 1.41. The highest BCUT2D eigenvalue weighted by Crippen LogP contribution is 2.27. The molecule has 3 fully saturated rings. The van der Waals surface area contributed by atoms with E-state index in [9.17, 15) is 9.59 Å². The number of piperidine rings is 1. The van der Waals surface area contributed by atoms with Crippen LogP contribution >= 0.6 is 0 Å². The van der Waals surface area contributed by atoms with Gasteiger partial charge in [-0.05, 0) is 56.8 Å². The van der Waals surface area contributed by atoms with E-state index in [1.54, 1.807) is 4.90 Å².